The number of hydrogen-bond donors (Lipinski definition) is 2. The zero-order chi connectivity index (χ0) is 14.0. The molecule has 0 radical (unpaired) electrons. The summed E-state index contributed by atoms with van der Waals surface area (Å²) >= 11 is 0. The molecule has 6 heteroatoms. The number of carbonyl (C=O) groups excluding carboxylic acids is 1. The molecule has 0 aliphatic carbocycles. The van der Waals surface area contributed by atoms with Crippen LogP contribution in [0.15, 0.2) is 24.3 Å². The summed E-state index contributed by atoms with van der Waals surface area (Å²) in [4.78, 5) is 24.2. The van der Waals surface area contributed by atoms with E-state index in [4.69, 9.17) is 5.11 Å². The van der Waals surface area contributed by atoms with Gasteiger partial charge in [-0.25, -0.2) is 9.18 Å². The van der Waals surface area contributed by atoms with E-state index in [1.54, 1.807) is 0 Å². The first-order valence-electron chi connectivity index (χ1n) is 5.92. The van der Waals surface area contributed by atoms with E-state index in [0.717, 1.165) is 4.90 Å². The first-order valence-corrected chi connectivity index (χ1v) is 5.92. The number of amides is 1. The zero-order valence-corrected chi connectivity index (χ0v) is 10.1. The summed E-state index contributed by atoms with van der Waals surface area (Å²) in [6, 6.07) is 4.47. The molecule has 1 aliphatic heterocycles. The van der Waals surface area contributed by atoms with Gasteiger partial charge in [0.15, 0.2) is 0 Å². The summed E-state index contributed by atoms with van der Waals surface area (Å²) in [6.07, 6.45) is -0.764. The molecule has 1 amide bonds. The predicted molar refractivity (Wildman–Crippen MR) is 63.9 cm³/mol. The third-order valence-corrected chi connectivity index (χ3v) is 3.15. The molecule has 0 saturated carbocycles. The fourth-order valence-corrected chi connectivity index (χ4v) is 2.20. The number of aliphatic carboxylic acids is 1. The molecule has 102 valence electrons. The van der Waals surface area contributed by atoms with Crippen LogP contribution in [0, 0.1) is 5.82 Å². The van der Waals surface area contributed by atoms with Crippen LogP contribution in [0.4, 0.5) is 4.39 Å². The summed E-state index contributed by atoms with van der Waals surface area (Å²) in [5.74, 6) is -1.89. The van der Waals surface area contributed by atoms with Crippen LogP contribution in [0.25, 0.3) is 0 Å². The summed E-state index contributed by atoms with van der Waals surface area (Å²) < 4.78 is 12.7. The molecule has 0 bridgehead atoms. The van der Waals surface area contributed by atoms with E-state index in [1.165, 1.54) is 24.3 Å². The van der Waals surface area contributed by atoms with Gasteiger partial charge in [-0.1, -0.05) is 12.1 Å². The molecule has 1 aromatic rings. The molecule has 19 heavy (non-hydrogen) atoms. The normalized spacial score (nSPS) is 22.5. The maximum absolute atomic E-state index is 12.7. The number of nitrogens with zero attached hydrogens (tertiary/aromatic N) is 1. The Morgan fingerprint density at radius 3 is 2.53 bits per heavy atom. The highest BCUT2D eigenvalue weighted by Crippen LogP contribution is 2.19. The average Bonchev–Trinajstić information content (AvgIpc) is 2.74. The first-order chi connectivity index (χ1) is 8.97. The van der Waals surface area contributed by atoms with Gasteiger partial charge in [0.25, 0.3) is 0 Å². The maximum Gasteiger partial charge on any atom is 0.326 e. The van der Waals surface area contributed by atoms with Crippen molar-refractivity contribution >= 4 is 11.9 Å². The molecule has 2 N–H and O–H groups in total. The van der Waals surface area contributed by atoms with Crippen molar-refractivity contribution in [2.45, 2.75) is 25.0 Å². The van der Waals surface area contributed by atoms with E-state index in [-0.39, 0.29) is 25.3 Å². The summed E-state index contributed by atoms with van der Waals surface area (Å²) in [5.41, 5.74) is 0.608. The third-order valence-electron chi connectivity index (χ3n) is 3.15. The molecular weight excluding hydrogens is 253 g/mol. The van der Waals surface area contributed by atoms with Crippen molar-refractivity contribution in [3.05, 3.63) is 35.6 Å². The van der Waals surface area contributed by atoms with Crippen molar-refractivity contribution in [3.63, 3.8) is 0 Å². The Bertz CT molecular complexity index is 488. The Morgan fingerprint density at radius 1 is 1.32 bits per heavy atom. The minimum Gasteiger partial charge on any atom is -0.480 e. The van der Waals surface area contributed by atoms with Gasteiger partial charge in [0, 0.05) is 13.0 Å². The van der Waals surface area contributed by atoms with E-state index >= 15 is 0 Å². The minimum absolute atomic E-state index is 0.00319. The number of carboxylic acids is 1. The lowest BCUT2D eigenvalue weighted by atomic mass is 10.1. The topological polar surface area (TPSA) is 77.8 Å². The molecule has 2 atom stereocenters. The van der Waals surface area contributed by atoms with Crippen molar-refractivity contribution in [1.29, 1.82) is 0 Å². The molecule has 1 fully saturated rings. The van der Waals surface area contributed by atoms with Crippen LogP contribution < -0.4 is 0 Å². The minimum atomic E-state index is -1.12. The van der Waals surface area contributed by atoms with E-state index in [9.17, 15) is 19.1 Å². The molecule has 0 spiro atoms. The van der Waals surface area contributed by atoms with Gasteiger partial charge in [-0.05, 0) is 17.7 Å². The van der Waals surface area contributed by atoms with E-state index in [1.807, 2.05) is 0 Å². The van der Waals surface area contributed by atoms with E-state index in [2.05, 4.69) is 0 Å². The van der Waals surface area contributed by atoms with Crippen LogP contribution in [0.3, 0.4) is 0 Å². The van der Waals surface area contributed by atoms with Gasteiger partial charge in [-0.2, -0.15) is 0 Å². The van der Waals surface area contributed by atoms with Crippen LogP contribution >= 0.6 is 0 Å². The number of aliphatic hydroxyl groups is 1. The number of likely N-dealkylation sites (tertiary alicyclic amines) is 1. The Morgan fingerprint density at radius 2 is 1.95 bits per heavy atom. The first kappa shape index (κ1) is 13.5. The SMILES string of the molecule is O=C(O)[C@@H]1C[C@@H](O)CN1C(=O)Cc1ccc(F)cc1. The highest BCUT2D eigenvalue weighted by molar-refractivity contribution is 5.85. The van der Waals surface area contributed by atoms with E-state index in [0.29, 0.717) is 5.56 Å². The number of aliphatic hydroxyl groups excluding tert-OH is 1. The molecular formula is C13H14FNO4. The zero-order valence-electron chi connectivity index (χ0n) is 10.1. The number of carbonyl (C=O) groups is 2. The van der Waals surface area contributed by atoms with Gasteiger partial charge in [-0.3, -0.25) is 4.79 Å². The fraction of sp³-hybridized carbons (Fsp3) is 0.385. The number of halogens is 1. The lowest BCUT2D eigenvalue weighted by Gasteiger charge is -2.21. The Labute approximate surface area is 109 Å². The summed E-state index contributed by atoms with van der Waals surface area (Å²) in [6.45, 7) is 0.0248. The van der Waals surface area contributed by atoms with Gasteiger partial charge in [-0.15, -0.1) is 0 Å². The second-order valence-corrected chi connectivity index (χ2v) is 4.59. The van der Waals surface area contributed by atoms with Crippen molar-refractivity contribution in [1.82, 2.24) is 4.90 Å². The second kappa shape index (κ2) is 5.36. The van der Waals surface area contributed by atoms with Crippen LogP contribution in [-0.4, -0.2) is 45.7 Å². The molecule has 1 saturated heterocycles. The second-order valence-electron chi connectivity index (χ2n) is 4.59. The molecule has 0 aromatic heterocycles. The predicted octanol–water partition coefficient (Wildman–Crippen LogP) is 0.415. The van der Waals surface area contributed by atoms with Gasteiger partial charge in [0.1, 0.15) is 11.9 Å². The van der Waals surface area contributed by atoms with Gasteiger partial charge < -0.3 is 15.1 Å². The molecule has 5 nitrogen and oxygen atoms in total. The van der Waals surface area contributed by atoms with Crippen LogP contribution in [0.2, 0.25) is 0 Å². The quantitative estimate of drug-likeness (QED) is 0.831. The molecule has 1 aromatic carbocycles. The average molecular weight is 267 g/mol. The summed E-state index contributed by atoms with van der Waals surface area (Å²) in [7, 11) is 0. The third kappa shape index (κ3) is 3.08. The number of benzene rings is 1. The van der Waals surface area contributed by atoms with Crippen molar-refractivity contribution < 1.29 is 24.2 Å². The number of rotatable bonds is 3. The highest BCUT2D eigenvalue weighted by Gasteiger charge is 2.38. The Balaban J connectivity index is 2.06. The Hall–Kier alpha value is -1.95. The standard InChI is InChI=1S/C13H14FNO4/c14-9-3-1-8(2-4-9)5-12(17)15-7-10(16)6-11(15)13(18)19/h1-4,10-11,16H,5-7H2,(H,18,19)/t10-,11+/m1/s1. The number of β-amino-alcohol motifs (C(OH)–C–C–N with tert-alkyl or cyclic N) is 1. The van der Waals surface area contributed by atoms with Crippen molar-refractivity contribution in [2.75, 3.05) is 6.54 Å². The van der Waals surface area contributed by atoms with Crippen molar-refractivity contribution in [3.8, 4) is 0 Å². The van der Waals surface area contributed by atoms with Crippen LogP contribution in [0.1, 0.15) is 12.0 Å². The van der Waals surface area contributed by atoms with Gasteiger partial charge in [0.05, 0.1) is 12.5 Å². The Kier molecular flexibility index (Phi) is 3.80. The fourth-order valence-electron chi connectivity index (χ4n) is 2.20. The maximum atomic E-state index is 12.7. The molecule has 1 aliphatic rings. The van der Waals surface area contributed by atoms with E-state index < -0.39 is 23.9 Å². The lowest BCUT2D eigenvalue weighted by Crippen LogP contribution is -2.41. The number of hydrogen-bond acceptors (Lipinski definition) is 3. The van der Waals surface area contributed by atoms with Gasteiger partial charge >= 0.3 is 5.97 Å². The smallest absolute Gasteiger partial charge is 0.326 e. The molecule has 1 heterocycles. The lowest BCUT2D eigenvalue weighted by molar-refractivity contribution is -0.148. The highest BCUT2D eigenvalue weighted by atomic mass is 19.1. The van der Waals surface area contributed by atoms with Crippen molar-refractivity contribution in [2.24, 2.45) is 0 Å². The largest absolute Gasteiger partial charge is 0.480 e. The molecule has 2 rings (SSSR count). The van der Waals surface area contributed by atoms with Gasteiger partial charge in [0.2, 0.25) is 5.91 Å². The van der Waals surface area contributed by atoms with Crippen LogP contribution in [-0.2, 0) is 16.0 Å². The molecule has 0 unspecified atom stereocenters. The monoisotopic (exact) mass is 267 g/mol. The summed E-state index contributed by atoms with van der Waals surface area (Å²) in [5, 5.41) is 18.5. The van der Waals surface area contributed by atoms with Crippen LogP contribution in [0.5, 0.6) is 0 Å². The number of carboxylic acid groups (broad SMARTS) is 1.